The van der Waals surface area contributed by atoms with Crippen molar-refractivity contribution in [3.05, 3.63) is 59.2 Å². The number of hydrogen-bond donors (Lipinski definition) is 2. The molecule has 0 spiro atoms. The minimum atomic E-state index is -0.274. The molecule has 0 aliphatic rings. The topological polar surface area (TPSA) is 67.4 Å². The number of nitrogens with one attached hydrogen (secondary N) is 2. The molecule has 0 radical (unpaired) electrons. The van der Waals surface area contributed by atoms with Gasteiger partial charge < -0.3 is 15.4 Å². The molecule has 132 valence electrons. The van der Waals surface area contributed by atoms with Crippen LogP contribution >= 0.6 is 0 Å². The van der Waals surface area contributed by atoms with E-state index in [1.54, 1.807) is 24.3 Å². The molecule has 2 N–H and O–H groups in total. The van der Waals surface area contributed by atoms with Gasteiger partial charge in [-0.2, -0.15) is 0 Å². The maximum absolute atomic E-state index is 12.1. The van der Waals surface area contributed by atoms with E-state index >= 15 is 0 Å². The predicted molar refractivity (Wildman–Crippen MR) is 99.1 cm³/mol. The fourth-order valence-corrected chi connectivity index (χ4v) is 2.23. The van der Waals surface area contributed by atoms with E-state index in [1.807, 2.05) is 39.0 Å². The molecule has 2 aromatic rings. The molecule has 25 heavy (non-hydrogen) atoms. The van der Waals surface area contributed by atoms with Crippen molar-refractivity contribution in [3.8, 4) is 5.75 Å². The van der Waals surface area contributed by atoms with Crippen LogP contribution in [0.1, 0.15) is 34.8 Å². The molecule has 0 fully saturated rings. The standard InChI is InChI=1S/C20H24N2O3/c1-4-10-21-20(24)16-6-5-7-17(12-16)22-19(23)13-25-18-9-8-14(2)15(3)11-18/h5-9,11-12H,4,10,13H2,1-3H3,(H,21,24)(H,22,23). The molecule has 5 heteroatoms. The molecule has 2 amide bonds. The van der Waals surface area contributed by atoms with Gasteiger partial charge in [-0.25, -0.2) is 0 Å². The Labute approximate surface area is 148 Å². The molecule has 0 aliphatic carbocycles. The lowest BCUT2D eigenvalue weighted by molar-refractivity contribution is -0.118. The third-order valence-electron chi connectivity index (χ3n) is 3.79. The van der Waals surface area contributed by atoms with E-state index < -0.39 is 0 Å². The second-order valence-corrected chi connectivity index (χ2v) is 5.92. The van der Waals surface area contributed by atoms with Gasteiger partial charge in [0.15, 0.2) is 6.61 Å². The first kappa shape index (κ1) is 18.5. The molecule has 2 rings (SSSR count). The summed E-state index contributed by atoms with van der Waals surface area (Å²) in [6.07, 6.45) is 0.873. The number of carbonyl (C=O) groups is 2. The van der Waals surface area contributed by atoms with Gasteiger partial charge in [-0.15, -0.1) is 0 Å². The Hall–Kier alpha value is -2.82. The first-order chi connectivity index (χ1) is 12.0. The number of carbonyl (C=O) groups excluding carboxylic acids is 2. The number of rotatable bonds is 7. The fraction of sp³-hybridized carbons (Fsp3) is 0.300. The summed E-state index contributed by atoms with van der Waals surface area (Å²) in [5, 5.41) is 5.55. The van der Waals surface area contributed by atoms with E-state index in [0.29, 0.717) is 23.5 Å². The van der Waals surface area contributed by atoms with Crippen LogP contribution in [0.4, 0.5) is 5.69 Å². The Morgan fingerprint density at radius 1 is 1.04 bits per heavy atom. The van der Waals surface area contributed by atoms with Crippen molar-refractivity contribution in [2.75, 3.05) is 18.5 Å². The van der Waals surface area contributed by atoms with Crippen LogP contribution in [-0.4, -0.2) is 25.0 Å². The average molecular weight is 340 g/mol. The molecule has 0 atom stereocenters. The number of hydrogen-bond acceptors (Lipinski definition) is 3. The Balaban J connectivity index is 1.91. The van der Waals surface area contributed by atoms with Crippen LogP contribution in [0, 0.1) is 13.8 Å². The molecule has 0 saturated carbocycles. The lowest BCUT2D eigenvalue weighted by Crippen LogP contribution is -2.24. The monoisotopic (exact) mass is 340 g/mol. The predicted octanol–water partition coefficient (Wildman–Crippen LogP) is 3.46. The van der Waals surface area contributed by atoms with E-state index in [1.165, 1.54) is 5.56 Å². The summed E-state index contributed by atoms with van der Waals surface area (Å²) in [6, 6.07) is 12.5. The van der Waals surface area contributed by atoms with E-state index in [-0.39, 0.29) is 18.4 Å². The maximum Gasteiger partial charge on any atom is 0.262 e. The number of anilines is 1. The minimum Gasteiger partial charge on any atom is -0.484 e. The summed E-state index contributed by atoms with van der Waals surface area (Å²) < 4.78 is 5.52. The van der Waals surface area contributed by atoms with Gasteiger partial charge in [-0.3, -0.25) is 9.59 Å². The van der Waals surface area contributed by atoms with Gasteiger partial charge in [0.1, 0.15) is 5.75 Å². The second-order valence-electron chi connectivity index (χ2n) is 5.92. The first-order valence-corrected chi connectivity index (χ1v) is 8.37. The largest absolute Gasteiger partial charge is 0.484 e. The smallest absolute Gasteiger partial charge is 0.262 e. The van der Waals surface area contributed by atoms with Gasteiger partial charge in [-0.1, -0.05) is 19.1 Å². The Morgan fingerprint density at radius 2 is 1.84 bits per heavy atom. The molecule has 0 unspecified atom stereocenters. The van der Waals surface area contributed by atoms with Crippen molar-refractivity contribution >= 4 is 17.5 Å². The van der Waals surface area contributed by atoms with Crippen molar-refractivity contribution in [3.63, 3.8) is 0 Å². The number of benzene rings is 2. The fourth-order valence-electron chi connectivity index (χ4n) is 2.23. The number of amides is 2. The van der Waals surface area contributed by atoms with Gasteiger partial charge in [0.05, 0.1) is 0 Å². The van der Waals surface area contributed by atoms with Gasteiger partial charge in [0.25, 0.3) is 11.8 Å². The summed E-state index contributed by atoms with van der Waals surface area (Å²) in [5.74, 6) is 0.236. The summed E-state index contributed by atoms with van der Waals surface area (Å²) >= 11 is 0. The highest BCUT2D eigenvalue weighted by Crippen LogP contribution is 2.16. The Bertz CT molecular complexity index is 756. The summed E-state index contributed by atoms with van der Waals surface area (Å²) in [5.41, 5.74) is 3.37. The average Bonchev–Trinajstić information content (AvgIpc) is 2.61. The molecule has 0 aliphatic heterocycles. The summed E-state index contributed by atoms with van der Waals surface area (Å²) in [4.78, 5) is 24.0. The molecule has 0 bridgehead atoms. The van der Waals surface area contributed by atoms with Crippen molar-refractivity contribution < 1.29 is 14.3 Å². The SMILES string of the molecule is CCCNC(=O)c1cccc(NC(=O)COc2ccc(C)c(C)c2)c1. The molecule has 0 heterocycles. The van der Waals surface area contributed by atoms with Gasteiger partial charge >= 0.3 is 0 Å². The van der Waals surface area contributed by atoms with Crippen LogP contribution in [0.2, 0.25) is 0 Å². The van der Waals surface area contributed by atoms with E-state index in [0.717, 1.165) is 12.0 Å². The molecule has 2 aromatic carbocycles. The van der Waals surface area contributed by atoms with Gasteiger partial charge in [-0.05, 0) is 61.7 Å². The second kappa shape index (κ2) is 8.87. The van der Waals surface area contributed by atoms with E-state index in [9.17, 15) is 9.59 Å². The number of ether oxygens (including phenoxy) is 1. The van der Waals surface area contributed by atoms with Gasteiger partial charge in [0, 0.05) is 17.8 Å². The zero-order valence-corrected chi connectivity index (χ0v) is 14.9. The van der Waals surface area contributed by atoms with E-state index in [4.69, 9.17) is 4.74 Å². The van der Waals surface area contributed by atoms with Crippen LogP contribution < -0.4 is 15.4 Å². The molecular formula is C20H24N2O3. The highest BCUT2D eigenvalue weighted by Gasteiger charge is 2.08. The molecule has 5 nitrogen and oxygen atoms in total. The molecule has 0 saturated heterocycles. The Kier molecular flexibility index (Phi) is 6.57. The van der Waals surface area contributed by atoms with Crippen LogP contribution in [0.5, 0.6) is 5.75 Å². The van der Waals surface area contributed by atoms with Crippen molar-refractivity contribution in [1.82, 2.24) is 5.32 Å². The number of aryl methyl sites for hydroxylation is 2. The highest BCUT2D eigenvalue weighted by atomic mass is 16.5. The molecule has 0 aromatic heterocycles. The quantitative estimate of drug-likeness (QED) is 0.811. The zero-order chi connectivity index (χ0) is 18.2. The lowest BCUT2D eigenvalue weighted by Gasteiger charge is -2.10. The maximum atomic E-state index is 12.1. The van der Waals surface area contributed by atoms with Crippen LogP contribution in [0.15, 0.2) is 42.5 Å². The molecular weight excluding hydrogens is 316 g/mol. The van der Waals surface area contributed by atoms with Crippen molar-refractivity contribution in [1.29, 1.82) is 0 Å². The lowest BCUT2D eigenvalue weighted by atomic mass is 10.1. The summed E-state index contributed by atoms with van der Waals surface area (Å²) in [7, 11) is 0. The third kappa shape index (κ3) is 5.64. The van der Waals surface area contributed by atoms with Crippen molar-refractivity contribution in [2.45, 2.75) is 27.2 Å². The highest BCUT2D eigenvalue weighted by molar-refractivity contribution is 5.97. The minimum absolute atomic E-state index is 0.0885. The normalized spacial score (nSPS) is 10.2. The van der Waals surface area contributed by atoms with Crippen LogP contribution in [0.25, 0.3) is 0 Å². The zero-order valence-electron chi connectivity index (χ0n) is 14.9. The van der Waals surface area contributed by atoms with Crippen LogP contribution in [-0.2, 0) is 4.79 Å². The van der Waals surface area contributed by atoms with E-state index in [2.05, 4.69) is 10.6 Å². The van der Waals surface area contributed by atoms with Gasteiger partial charge in [0.2, 0.25) is 0 Å². The first-order valence-electron chi connectivity index (χ1n) is 8.37. The third-order valence-corrected chi connectivity index (χ3v) is 3.79. The van der Waals surface area contributed by atoms with Crippen LogP contribution in [0.3, 0.4) is 0 Å². The summed E-state index contributed by atoms with van der Waals surface area (Å²) in [6.45, 7) is 6.55. The Morgan fingerprint density at radius 3 is 2.56 bits per heavy atom. The van der Waals surface area contributed by atoms with Crippen molar-refractivity contribution in [2.24, 2.45) is 0 Å².